The van der Waals surface area contributed by atoms with Crippen molar-refractivity contribution in [2.24, 2.45) is 11.1 Å². The maximum atomic E-state index is 10.6. The zero-order valence-corrected chi connectivity index (χ0v) is 10.2. The molecular formula is C7H9N2NaO4. The molecule has 0 aromatic rings. The van der Waals surface area contributed by atoms with Crippen molar-refractivity contribution in [3.63, 3.8) is 0 Å². The second-order valence-electron chi connectivity index (χ2n) is 2.78. The van der Waals surface area contributed by atoms with Crippen molar-refractivity contribution >= 4 is 17.6 Å². The van der Waals surface area contributed by atoms with Crippen LogP contribution in [0.4, 0.5) is 0 Å². The number of hydrogen-bond donors (Lipinski definition) is 1. The maximum absolute atomic E-state index is 10.6. The SMILES string of the molecule is CC(=O)NC1ON=C(C(=O)[O-])C1C.[Na+]. The number of amides is 1. The second-order valence-corrected chi connectivity index (χ2v) is 2.78. The minimum atomic E-state index is -1.37. The quantitative estimate of drug-likeness (QED) is 0.461. The summed E-state index contributed by atoms with van der Waals surface area (Å²) in [7, 11) is 0. The van der Waals surface area contributed by atoms with Crippen LogP contribution in [-0.4, -0.2) is 23.8 Å². The van der Waals surface area contributed by atoms with Gasteiger partial charge in [0.25, 0.3) is 0 Å². The van der Waals surface area contributed by atoms with Gasteiger partial charge in [-0.3, -0.25) is 4.79 Å². The molecular weight excluding hydrogens is 199 g/mol. The minimum absolute atomic E-state index is 0. The molecule has 1 rings (SSSR count). The summed E-state index contributed by atoms with van der Waals surface area (Å²) in [5.41, 5.74) is -0.182. The van der Waals surface area contributed by atoms with Crippen molar-refractivity contribution in [2.45, 2.75) is 20.1 Å². The van der Waals surface area contributed by atoms with Gasteiger partial charge in [0.05, 0.1) is 11.9 Å². The van der Waals surface area contributed by atoms with Gasteiger partial charge in [0.1, 0.15) is 5.71 Å². The van der Waals surface area contributed by atoms with E-state index in [1.165, 1.54) is 6.92 Å². The Morgan fingerprint density at radius 2 is 2.14 bits per heavy atom. The molecule has 0 saturated carbocycles. The van der Waals surface area contributed by atoms with E-state index in [2.05, 4.69) is 15.3 Å². The van der Waals surface area contributed by atoms with Crippen molar-refractivity contribution in [1.29, 1.82) is 0 Å². The van der Waals surface area contributed by atoms with Gasteiger partial charge >= 0.3 is 29.6 Å². The number of carbonyl (C=O) groups is 2. The number of hydrogen-bond acceptors (Lipinski definition) is 5. The van der Waals surface area contributed by atoms with Crippen molar-refractivity contribution in [3.8, 4) is 0 Å². The maximum Gasteiger partial charge on any atom is 1.00 e. The number of nitrogens with zero attached hydrogens (tertiary/aromatic N) is 1. The van der Waals surface area contributed by atoms with E-state index in [4.69, 9.17) is 0 Å². The van der Waals surface area contributed by atoms with Crippen LogP contribution in [0.15, 0.2) is 5.16 Å². The summed E-state index contributed by atoms with van der Waals surface area (Å²) in [4.78, 5) is 25.7. The summed E-state index contributed by atoms with van der Waals surface area (Å²) < 4.78 is 0. The molecule has 0 spiro atoms. The van der Waals surface area contributed by atoms with E-state index in [-0.39, 0.29) is 41.2 Å². The molecule has 6 nitrogen and oxygen atoms in total. The molecule has 0 saturated heterocycles. The van der Waals surface area contributed by atoms with Crippen LogP contribution < -0.4 is 40.0 Å². The number of rotatable bonds is 2. The number of carboxylic acid groups (broad SMARTS) is 1. The van der Waals surface area contributed by atoms with Gasteiger partial charge in [-0.15, -0.1) is 0 Å². The average molecular weight is 208 g/mol. The number of oxime groups is 1. The van der Waals surface area contributed by atoms with Gasteiger partial charge in [-0.05, 0) is 0 Å². The topological polar surface area (TPSA) is 90.8 Å². The smallest absolute Gasteiger partial charge is 0.543 e. The summed E-state index contributed by atoms with van der Waals surface area (Å²) in [5.74, 6) is -2.17. The van der Waals surface area contributed by atoms with Crippen LogP contribution in [0, 0.1) is 5.92 Å². The Balaban J connectivity index is 0.00000169. The van der Waals surface area contributed by atoms with Crippen LogP contribution in [0.3, 0.4) is 0 Å². The normalized spacial score (nSPS) is 24.3. The van der Waals surface area contributed by atoms with E-state index >= 15 is 0 Å². The number of aliphatic carboxylic acids is 1. The molecule has 1 amide bonds. The van der Waals surface area contributed by atoms with Crippen LogP contribution in [-0.2, 0) is 14.4 Å². The zero-order chi connectivity index (χ0) is 10.0. The van der Waals surface area contributed by atoms with Crippen molar-refractivity contribution in [1.82, 2.24) is 5.32 Å². The number of carboxylic acids is 1. The molecule has 0 bridgehead atoms. The molecule has 7 heteroatoms. The van der Waals surface area contributed by atoms with E-state index in [1.54, 1.807) is 6.92 Å². The van der Waals surface area contributed by atoms with E-state index in [0.717, 1.165) is 0 Å². The largest absolute Gasteiger partial charge is 1.00 e. The molecule has 1 aliphatic heterocycles. The molecule has 0 fully saturated rings. The Morgan fingerprint density at radius 3 is 2.50 bits per heavy atom. The molecule has 2 atom stereocenters. The first-order valence-electron chi connectivity index (χ1n) is 3.74. The summed E-state index contributed by atoms with van der Waals surface area (Å²) in [6.07, 6.45) is -0.703. The van der Waals surface area contributed by atoms with Crippen LogP contribution >= 0.6 is 0 Å². The Bertz CT molecular complexity index is 279. The summed E-state index contributed by atoms with van der Waals surface area (Å²) >= 11 is 0. The molecule has 0 radical (unpaired) electrons. The van der Waals surface area contributed by atoms with E-state index in [9.17, 15) is 14.7 Å². The fourth-order valence-electron chi connectivity index (χ4n) is 1.01. The van der Waals surface area contributed by atoms with Gasteiger partial charge in [-0.2, -0.15) is 0 Å². The van der Waals surface area contributed by atoms with E-state index < -0.39 is 18.1 Å². The number of carbonyl (C=O) groups excluding carboxylic acids is 2. The third-order valence-corrected chi connectivity index (χ3v) is 1.70. The predicted molar refractivity (Wildman–Crippen MR) is 40.3 cm³/mol. The van der Waals surface area contributed by atoms with Crippen molar-refractivity contribution in [3.05, 3.63) is 0 Å². The molecule has 14 heavy (non-hydrogen) atoms. The van der Waals surface area contributed by atoms with Crippen LogP contribution in [0.25, 0.3) is 0 Å². The summed E-state index contributed by atoms with van der Waals surface area (Å²) in [6, 6.07) is 0. The van der Waals surface area contributed by atoms with E-state index in [0.29, 0.717) is 0 Å². The van der Waals surface area contributed by atoms with Crippen LogP contribution in [0.5, 0.6) is 0 Å². The van der Waals surface area contributed by atoms with Crippen LogP contribution in [0.2, 0.25) is 0 Å². The molecule has 2 unspecified atom stereocenters. The summed E-state index contributed by atoms with van der Waals surface area (Å²) in [5, 5.41) is 16.1. The Morgan fingerprint density at radius 1 is 1.57 bits per heavy atom. The fourth-order valence-corrected chi connectivity index (χ4v) is 1.01. The van der Waals surface area contributed by atoms with Gasteiger partial charge < -0.3 is 20.1 Å². The zero-order valence-electron chi connectivity index (χ0n) is 8.23. The molecule has 1 N–H and O–H groups in total. The standard InChI is InChI=1S/C7H10N2O4.Na/c1-3-5(7(11)12)9-13-6(3)8-4(2)10;/h3,6H,1-2H3,(H,8,10)(H,11,12);/q;+1/p-1. The van der Waals surface area contributed by atoms with Crippen molar-refractivity contribution < 1.29 is 49.1 Å². The molecule has 72 valence electrons. The third kappa shape index (κ3) is 2.97. The van der Waals surface area contributed by atoms with Crippen LogP contribution in [0.1, 0.15) is 13.8 Å². The van der Waals surface area contributed by atoms with Crippen molar-refractivity contribution in [2.75, 3.05) is 0 Å². The molecule has 0 aromatic heterocycles. The van der Waals surface area contributed by atoms with E-state index in [1.807, 2.05) is 0 Å². The van der Waals surface area contributed by atoms with Gasteiger partial charge in [-0.1, -0.05) is 12.1 Å². The second kappa shape index (κ2) is 5.33. The number of nitrogens with one attached hydrogen (secondary N) is 1. The third-order valence-electron chi connectivity index (χ3n) is 1.70. The van der Waals surface area contributed by atoms with Gasteiger partial charge in [0.15, 0.2) is 0 Å². The Kier molecular flexibility index (Phi) is 5.11. The Labute approximate surface area is 103 Å². The minimum Gasteiger partial charge on any atom is -0.543 e. The molecule has 1 aliphatic rings. The summed E-state index contributed by atoms with van der Waals surface area (Å²) in [6.45, 7) is 2.90. The average Bonchev–Trinajstić information content (AvgIpc) is 2.32. The van der Waals surface area contributed by atoms with Gasteiger partial charge in [0, 0.05) is 6.92 Å². The predicted octanol–water partition coefficient (Wildman–Crippen LogP) is -4.78. The Hall–Kier alpha value is -0.590. The monoisotopic (exact) mass is 208 g/mol. The van der Waals surface area contributed by atoms with Gasteiger partial charge in [-0.25, -0.2) is 0 Å². The fraction of sp³-hybridized carbons (Fsp3) is 0.571. The first-order valence-corrected chi connectivity index (χ1v) is 3.74. The molecule has 0 aromatic carbocycles. The first-order chi connectivity index (χ1) is 6.02. The molecule has 0 aliphatic carbocycles. The van der Waals surface area contributed by atoms with Gasteiger partial charge in [0.2, 0.25) is 12.1 Å². The first kappa shape index (κ1) is 13.4. The molecule has 1 heterocycles.